The molecule has 0 unspecified atom stereocenters. The molecule has 6 heteroatoms. The van der Waals surface area contributed by atoms with E-state index in [0.29, 0.717) is 5.13 Å². The van der Waals surface area contributed by atoms with Crippen LogP contribution in [0.15, 0.2) is 55.5 Å². The highest BCUT2D eigenvalue weighted by atomic mass is 32.1. The van der Waals surface area contributed by atoms with E-state index in [-0.39, 0.29) is 6.03 Å². The maximum atomic E-state index is 11.4. The largest absolute Gasteiger partial charge is 0.324 e. The number of benzene rings is 1. The minimum Gasteiger partial charge on any atom is -0.315 e. The van der Waals surface area contributed by atoms with Crippen LogP contribution in [0.3, 0.4) is 0 Å². The quantitative estimate of drug-likeness (QED) is 0.775. The maximum absolute atomic E-state index is 11.4. The first kappa shape index (κ1) is 13.3. The molecule has 0 spiro atoms. The number of carbonyl (C=O) groups is 1. The molecule has 0 saturated carbocycles. The number of pyridine rings is 1. The summed E-state index contributed by atoms with van der Waals surface area (Å²) in [5, 5.41) is 5.66. The van der Waals surface area contributed by atoms with Crippen molar-refractivity contribution in [1.82, 2.24) is 15.3 Å². The van der Waals surface area contributed by atoms with Crippen molar-refractivity contribution in [3.05, 3.63) is 55.5 Å². The third-order valence-corrected chi connectivity index (χ3v) is 3.79. The van der Waals surface area contributed by atoms with E-state index >= 15 is 0 Å². The zero-order valence-corrected chi connectivity index (χ0v) is 11.9. The normalized spacial score (nSPS) is 10.3. The van der Waals surface area contributed by atoms with Crippen molar-refractivity contribution >= 4 is 32.7 Å². The molecule has 0 atom stereocenters. The number of hydrogen-bond acceptors (Lipinski definition) is 4. The fourth-order valence-electron chi connectivity index (χ4n) is 1.92. The molecule has 0 aliphatic heterocycles. The number of rotatable bonds is 3. The highest BCUT2D eigenvalue weighted by molar-refractivity contribution is 7.22. The molecule has 1 aromatic carbocycles. The Balaban J connectivity index is 1.92. The van der Waals surface area contributed by atoms with Gasteiger partial charge in [0, 0.05) is 18.0 Å². The summed E-state index contributed by atoms with van der Waals surface area (Å²) in [5.41, 5.74) is 2.92. The molecule has 0 radical (unpaired) electrons. The van der Waals surface area contributed by atoms with Gasteiger partial charge in [0.05, 0.1) is 10.2 Å². The fraction of sp³-hybridized carbons (Fsp3) is 0. The Morgan fingerprint density at radius 1 is 1.29 bits per heavy atom. The Labute approximate surface area is 125 Å². The van der Waals surface area contributed by atoms with Crippen LogP contribution in [0.4, 0.5) is 9.93 Å². The fourth-order valence-corrected chi connectivity index (χ4v) is 2.76. The SMILES string of the molecule is C=CNC(=O)Nc1nc2cc(-c3cccnc3)ccc2s1. The average Bonchev–Trinajstić information content (AvgIpc) is 2.89. The van der Waals surface area contributed by atoms with E-state index in [1.807, 2.05) is 36.5 Å². The molecule has 0 bridgehead atoms. The second-order valence-electron chi connectivity index (χ2n) is 4.25. The second-order valence-corrected chi connectivity index (χ2v) is 5.28. The van der Waals surface area contributed by atoms with E-state index in [2.05, 4.69) is 27.2 Å². The summed E-state index contributed by atoms with van der Waals surface area (Å²) < 4.78 is 1.01. The summed E-state index contributed by atoms with van der Waals surface area (Å²) >= 11 is 1.42. The smallest absolute Gasteiger partial charge is 0.315 e. The number of anilines is 1. The number of hydrogen-bond donors (Lipinski definition) is 2. The van der Waals surface area contributed by atoms with Crippen molar-refractivity contribution in [2.75, 3.05) is 5.32 Å². The number of carbonyl (C=O) groups excluding carboxylic acids is 1. The zero-order valence-electron chi connectivity index (χ0n) is 11.0. The van der Waals surface area contributed by atoms with E-state index in [9.17, 15) is 4.79 Å². The van der Waals surface area contributed by atoms with Crippen LogP contribution in [-0.4, -0.2) is 16.0 Å². The zero-order chi connectivity index (χ0) is 14.7. The molecule has 0 aliphatic carbocycles. The van der Waals surface area contributed by atoms with Crippen LogP contribution in [-0.2, 0) is 0 Å². The molecule has 0 fully saturated rings. The van der Waals surface area contributed by atoms with Gasteiger partial charge in [0.1, 0.15) is 0 Å². The first-order chi connectivity index (χ1) is 10.3. The van der Waals surface area contributed by atoms with Crippen LogP contribution in [0.5, 0.6) is 0 Å². The molecule has 3 aromatic rings. The van der Waals surface area contributed by atoms with Crippen LogP contribution in [0.2, 0.25) is 0 Å². The van der Waals surface area contributed by atoms with Crippen LogP contribution >= 0.6 is 11.3 Å². The molecule has 21 heavy (non-hydrogen) atoms. The average molecular weight is 296 g/mol. The summed E-state index contributed by atoms with van der Waals surface area (Å²) in [7, 11) is 0. The summed E-state index contributed by atoms with van der Waals surface area (Å²) in [6.07, 6.45) is 4.87. The molecular formula is C15H12N4OS. The highest BCUT2D eigenvalue weighted by Gasteiger charge is 2.08. The summed E-state index contributed by atoms with van der Waals surface area (Å²) in [6, 6.07) is 9.54. The van der Waals surface area contributed by atoms with Crippen LogP contribution in [0.1, 0.15) is 0 Å². The van der Waals surface area contributed by atoms with E-state index in [4.69, 9.17) is 0 Å². The Kier molecular flexibility index (Phi) is 3.61. The van der Waals surface area contributed by atoms with Gasteiger partial charge in [-0.15, -0.1) is 0 Å². The number of nitrogens with one attached hydrogen (secondary N) is 2. The number of amides is 2. The Morgan fingerprint density at radius 3 is 2.95 bits per heavy atom. The maximum Gasteiger partial charge on any atom is 0.324 e. The molecule has 104 valence electrons. The van der Waals surface area contributed by atoms with Gasteiger partial charge in [-0.05, 0) is 30.0 Å². The van der Waals surface area contributed by atoms with Crippen LogP contribution < -0.4 is 10.6 Å². The van der Waals surface area contributed by atoms with Crippen molar-refractivity contribution in [3.8, 4) is 11.1 Å². The third-order valence-electron chi connectivity index (χ3n) is 2.84. The molecule has 2 amide bonds. The van der Waals surface area contributed by atoms with Gasteiger partial charge in [-0.2, -0.15) is 0 Å². The minimum atomic E-state index is -0.350. The van der Waals surface area contributed by atoms with Crippen molar-refractivity contribution < 1.29 is 4.79 Å². The molecule has 5 nitrogen and oxygen atoms in total. The monoisotopic (exact) mass is 296 g/mol. The lowest BCUT2D eigenvalue weighted by molar-refractivity contribution is 0.255. The first-order valence-corrected chi connectivity index (χ1v) is 7.07. The van der Waals surface area contributed by atoms with Gasteiger partial charge in [-0.1, -0.05) is 30.0 Å². The molecule has 2 N–H and O–H groups in total. The van der Waals surface area contributed by atoms with Crippen LogP contribution in [0, 0.1) is 0 Å². The number of aromatic nitrogens is 2. The summed E-state index contributed by atoms with van der Waals surface area (Å²) in [5.74, 6) is 0. The van der Waals surface area contributed by atoms with Crippen molar-refractivity contribution in [2.45, 2.75) is 0 Å². The molecule has 0 saturated heterocycles. The number of urea groups is 1. The van der Waals surface area contributed by atoms with Gasteiger partial charge >= 0.3 is 6.03 Å². The topological polar surface area (TPSA) is 66.9 Å². The van der Waals surface area contributed by atoms with Gasteiger partial charge in [0.15, 0.2) is 5.13 Å². The lowest BCUT2D eigenvalue weighted by atomic mass is 10.1. The van der Waals surface area contributed by atoms with Gasteiger partial charge in [0.25, 0.3) is 0 Å². The van der Waals surface area contributed by atoms with Gasteiger partial charge in [-0.3, -0.25) is 10.3 Å². The van der Waals surface area contributed by atoms with Crippen molar-refractivity contribution in [1.29, 1.82) is 0 Å². The lowest BCUT2D eigenvalue weighted by Gasteiger charge is -1.99. The highest BCUT2D eigenvalue weighted by Crippen LogP contribution is 2.29. The predicted octanol–water partition coefficient (Wildman–Crippen LogP) is 3.62. The standard InChI is InChI=1S/C15H12N4OS/c1-2-17-14(20)19-15-18-12-8-10(5-6-13(12)21-15)11-4-3-7-16-9-11/h2-9H,1H2,(H2,17,18,19,20). The molecular weight excluding hydrogens is 284 g/mol. The number of thiazole rings is 1. The van der Waals surface area contributed by atoms with Gasteiger partial charge in [-0.25, -0.2) is 9.78 Å². The summed E-state index contributed by atoms with van der Waals surface area (Å²) in [4.78, 5) is 20.0. The third kappa shape index (κ3) is 2.90. The molecule has 2 heterocycles. The van der Waals surface area contributed by atoms with E-state index in [0.717, 1.165) is 21.3 Å². The first-order valence-electron chi connectivity index (χ1n) is 6.25. The van der Waals surface area contributed by atoms with E-state index in [1.54, 1.807) is 6.20 Å². The molecule has 2 aromatic heterocycles. The second kappa shape index (κ2) is 5.72. The summed E-state index contributed by atoms with van der Waals surface area (Å²) in [6.45, 7) is 3.44. The van der Waals surface area contributed by atoms with Crippen molar-refractivity contribution in [2.24, 2.45) is 0 Å². The van der Waals surface area contributed by atoms with Gasteiger partial charge < -0.3 is 5.32 Å². The predicted molar refractivity (Wildman–Crippen MR) is 85.2 cm³/mol. The molecule has 3 rings (SSSR count). The Bertz CT molecular complexity index is 798. The minimum absolute atomic E-state index is 0.350. The Hall–Kier alpha value is -2.73. The van der Waals surface area contributed by atoms with Crippen LogP contribution in [0.25, 0.3) is 21.3 Å². The number of fused-ring (bicyclic) bond motifs is 1. The van der Waals surface area contributed by atoms with Crippen molar-refractivity contribution in [3.63, 3.8) is 0 Å². The molecule has 0 aliphatic rings. The number of nitrogens with zero attached hydrogens (tertiary/aromatic N) is 2. The van der Waals surface area contributed by atoms with E-state index in [1.165, 1.54) is 17.5 Å². The Morgan fingerprint density at radius 2 is 2.19 bits per heavy atom. The van der Waals surface area contributed by atoms with Gasteiger partial charge in [0.2, 0.25) is 0 Å². The lowest BCUT2D eigenvalue weighted by Crippen LogP contribution is -2.23. The van der Waals surface area contributed by atoms with E-state index < -0.39 is 0 Å².